The van der Waals surface area contributed by atoms with E-state index in [4.69, 9.17) is 23.7 Å². The van der Waals surface area contributed by atoms with Gasteiger partial charge in [0.1, 0.15) is 34.6 Å². The highest BCUT2D eigenvalue weighted by Gasteiger charge is 2.38. The molecule has 6 rings (SSSR count). The molecule has 0 unspecified atom stereocenters. The van der Waals surface area contributed by atoms with Crippen LogP contribution in [0, 0.1) is 0 Å². The zero-order valence-corrected chi connectivity index (χ0v) is 49.0. The van der Waals surface area contributed by atoms with Crippen LogP contribution < -0.4 is 29.2 Å². The molecule has 1 N–H and O–H groups in total. The maximum absolute atomic E-state index is 14.9. The quantitative estimate of drug-likeness (QED) is 0.111. The maximum atomic E-state index is 14.9. The van der Waals surface area contributed by atoms with Crippen LogP contribution in [0.15, 0.2) is 42.5 Å². The van der Waals surface area contributed by atoms with Crippen molar-refractivity contribution in [2.45, 2.75) is 203 Å². The Hall–Kier alpha value is -5.38. The van der Waals surface area contributed by atoms with E-state index in [-0.39, 0.29) is 22.2 Å². The minimum atomic E-state index is -0.701. The van der Waals surface area contributed by atoms with E-state index < -0.39 is 17.7 Å². The van der Waals surface area contributed by atoms with E-state index in [0.29, 0.717) is 77.2 Å². The molecule has 1 aliphatic heterocycles. The highest BCUT2D eigenvalue weighted by Crippen LogP contribution is 2.47. The number of nitrogens with zero attached hydrogens (tertiary/aromatic N) is 2. The smallest absolute Gasteiger partial charge is 0.410 e. The standard InChI is InChI=1S/C64H93N3O7/c1-19-26-70-55-41-30-42-34-49(62(8,9)10)37-45(56(42)71-27-20-2)32-46-40-52(65-59(68)53-24-23-25-67(53)60(69)74-64(14,15)16)54(66(17)18)51(58(46)73-29-22-4)39-47-38-50(63(11,12)13)36-44(57(47)72-28-21-3)31-43(55)35-48(33-41)61(5,6)7/h33-38,40,53H,19-32,39H2,1-18H3,(H,65,68)/t53-/m0/s1. The molecule has 8 bridgehead atoms. The lowest BCUT2D eigenvalue weighted by Crippen LogP contribution is -2.45. The Morgan fingerprint density at radius 3 is 1.23 bits per heavy atom. The SMILES string of the molecule is CCCOc1c2cc(C(C)(C)C)cc1Cc1cc(C(C)(C)C)cc(c1OCCC)Cc1c(OCCC)c(cc(NC(=O)[C@@H]3CCCN3C(=O)OC(C)(C)C)c1N(C)C)Cc1cc(C(C)(C)C)cc(c1OCCC)C2. The van der Waals surface area contributed by atoms with Crippen LogP contribution >= 0.6 is 0 Å². The van der Waals surface area contributed by atoms with Gasteiger partial charge in [0.25, 0.3) is 0 Å². The minimum absolute atomic E-state index is 0.146. The van der Waals surface area contributed by atoms with Crippen molar-refractivity contribution >= 4 is 23.4 Å². The van der Waals surface area contributed by atoms with Gasteiger partial charge in [-0.2, -0.15) is 0 Å². The van der Waals surface area contributed by atoms with Gasteiger partial charge in [0.05, 0.1) is 37.8 Å². The second-order valence-electron chi connectivity index (χ2n) is 25.2. The Bertz CT molecular complexity index is 2620. The third-order valence-corrected chi connectivity index (χ3v) is 14.0. The van der Waals surface area contributed by atoms with Crippen molar-refractivity contribution < 1.29 is 33.3 Å². The van der Waals surface area contributed by atoms with Gasteiger partial charge in [-0.3, -0.25) is 9.69 Å². The summed E-state index contributed by atoms with van der Waals surface area (Å²) in [4.78, 5) is 32.3. The van der Waals surface area contributed by atoms with E-state index in [2.05, 4.69) is 143 Å². The van der Waals surface area contributed by atoms with Crippen molar-refractivity contribution in [1.29, 1.82) is 0 Å². The average Bonchev–Trinajstić information content (AvgIpc) is 3.79. The summed E-state index contributed by atoms with van der Waals surface area (Å²) in [5, 5.41) is 3.43. The number of likely N-dealkylation sites (tertiary alicyclic amines) is 1. The van der Waals surface area contributed by atoms with Gasteiger partial charge in [0, 0.05) is 57.5 Å². The number of carbonyl (C=O) groups is 2. The molecule has 74 heavy (non-hydrogen) atoms. The lowest BCUT2D eigenvalue weighted by molar-refractivity contribution is -0.120. The van der Waals surface area contributed by atoms with Crippen molar-refractivity contribution in [1.82, 2.24) is 4.90 Å². The molecule has 4 aromatic rings. The first kappa shape index (κ1) is 57.9. The van der Waals surface area contributed by atoms with E-state index in [9.17, 15) is 9.59 Å². The van der Waals surface area contributed by atoms with E-state index in [1.54, 1.807) is 4.90 Å². The predicted molar refractivity (Wildman–Crippen MR) is 305 cm³/mol. The van der Waals surface area contributed by atoms with Gasteiger partial charge >= 0.3 is 6.09 Å². The molecular formula is C64H93N3O7. The third kappa shape index (κ3) is 13.9. The van der Waals surface area contributed by atoms with Crippen LogP contribution in [0.5, 0.6) is 23.0 Å². The molecule has 10 nitrogen and oxygen atoms in total. The molecule has 0 radical (unpaired) electrons. The Kier molecular flexibility index (Phi) is 18.5. The summed E-state index contributed by atoms with van der Waals surface area (Å²) >= 11 is 0. The third-order valence-electron chi connectivity index (χ3n) is 14.0. The van der Waals surface area contributed by atoms with Gasteiger partial charge in [-0.25, -0.2) is 4.79 Å². The molecule has 0 saturated carbocycles. The van der Waals surface area contributed by atoms with Gasteiger partial charge in [-0.1, -0.05) is 126 Å². The van der Waals surface area contributed by atoms with E-state index in [1.807, 2.05) is 34.9 Å². The molecule has 0 aromatic heterocycles. The van der Waals surface area contributed by atoms with Gasteiger partial charge < -0.3 is 33.9 Å². The molecule has 10 heteroatoms. The number of fused-ring (bicyclic) bond motifs is 8. The molecule has 1 saturated heterocycles. The molecule has 2 aliphatic rings. The Morgan fingerprint density at radius 2 is 0.892 bits per heavy atom. The largest absolute Gasteiger partial charge is 0.493 e. The predicted octanol–water partition coefficient (Wildman–Crippen LogP) is 14.8. The number of hydrogen-bond acceptors (Lipinski definition) is 8. The van der Waals surface area contributed by atoms with Crippen LogP contribution in [0.25, 0.3) is 0 Å². The van der Waals surface area contributed by atoms with Crippen LogP contribution in [-0.4, -0.2) is 75.6 Å². The normalized spacial score (nSPS) is 15.2. The number of rotatable bonds is 15. The van der Waals surface area contributed by atoms with Crippen molar-refractivity contribution in [3.8, 4) is 23.0 Å². The molecular weight excluding hydrogens is 923 g/mol. The maximum Gasteiger partial charge on any atom is 0.410 e. The van der Waals surface area contributed by atoms with Crippen LogP contribution in [0.2, 0.25) is 0 Å². The highest BCUT2D eigenvalue weighted by molar-refractivity contribution is 6.00. The van der Waals surface area contributed by atoms with E-state index in [1.165, 1.54) is 16.7 Å². The van der Waals surface area contributed by atoms with Gasteiger partial charge in [0.2, 0.25) is 5.91 Å². The number of hydrogen-bond donors (Lipinski definition) is 1. The number of benzene rings is 4. The van der Waals surface area contributed by atoms with Crippen molar-refractivity contribution in [3.05, 3.63) is 104 Å². The molecule has 1 fully saturated rings. The van der Waals surface area contributed by atoms with Crippen LogP contribution in [-0.2, 0) is 51.5 Å². The molecule has 1 atom stereocenters. The zero-order valence-electron chi connectivity index (χ0n) is 49.0. The summed E-state index contributed by atoms with van der Waals surface area (Å²) in [6, 6.07) is 15.6. The number of carbonyl (C=O) groups excluding carboxylic acids is 2. The van der Waals surface area contributed by atoms with Crippen molar-refractivity contribution in [3.63, 3.8) is 0 Å². The highest BCUT2D eigenvalue weighted by atomic mass is 16.6. The van der Waals surface area contributed by atoms with Crippen LogP contribution in [0.4, 0.5) is 16.2 Å². The first-order chi connectivity index (χ1) is 34.7. The molecule has 0 spiro atoms. The van der Waals surface area contributed by atoms with Gasteiger partial charge in [0.15, 0.2) is 0 Å². The first-order valence-corrected chi connectivity index (χ1v) is 27.8. The number of ether oxygens (including phenoxy) is 5. The van der Waals surface area contributed by atoms with E-state index in [0.717, 1.165) is 98.9 Å². The summed E-state index contributed by atoms with van der Waals surface area (Å²) in [7, 11) is 4.07. The number of anilines is 2. The lowest BCUT2D eigenvalue weighted by Gasteiger charge is -2.31. The number of nitrogens with one attached hydrogen (secondary N) is 1. The Morgan fingerprint density at radius 1 is 0.541 bits per heavy atom. The zero-order chi connectivity index (χ0) is 54.5. The van der Waals surface area contributed by atoms with Crippen molar-refractivity contribution in [2.24, 2.45) is 0 Å². The fourth-order valence-corrected chi connectivity index (χ4v) is 10.2. The van der Waals surface area contributed by atoms with Crippen molar-refractivity contribution in [2.75, 3.05) is 57.3 Å². The second-order valence-corrected chi connectivity index (χ2v) is 25.2. The first-order valence-electron chi connectivity index (χ1n) is 27.8. The molecule has 1 aliphatic carbocycles. The lowest BCUT2D eigenvalue weighted by atomic mass is 9.80. The summed E-state index contributed by atoms with van der Waals surface area (Å²) in [5.74, 6) is 3.22. The fraction of sp³-hybridized carbons (Fsp3) is 0.594. The van der Waals surface area contributed by atoms with Crippen LogP contribution in [0.3, 0.4) is 0 Å². The van der Waals surface area contributed by atoms with Gasteiger partial charge in [-0.15, -0.1) is 0 Å². The molecule has 2 amide bonds. The Labute approximate surface area is 446 Å². The molecule has 1 heterocycles. The number of amides is 2. The Balaban J connectivity index is 1.79. The summed E-state index contributed by atoms with van der Waals surface area (Å²) in [6.45, 7) is 37.4. The fourth-order valence-electron chi connectivity index (χ4n) is 10.2. The second kappa shape index (κ2) is 23.7. The monoisotopic (exact) mass is 1020 g/mol. The summed E-state index contributed by atoms with van der Waals surface area (Å²) in [5.41, 5.74) is 12.4. The minimum Gasteiger partial charge on any atom is -0.493 e. The average molecular weight is 1020 g/mol. The molecule has 4 aromatic carbocycles. The topological polar surface area (TPSA) is 98.8 Å². The van der Waals surface area contributed by atoms with E-state index >= 15 is 0 Å². The molecule has 406 valence electrons. The van der Waals surface area contributed by atoms with Gasteiger partial charge in [-0.05, 0) is 132 Å². The summed E-state index contributed by atoms with van der Waals surface area (Å²) in [6.07, 6.45) is 6.22. The summed E-state index contributed by atoms with van der Waals surface area (Å²) < 4.78 is 34.0. The van der Waals surface area contributed by atoms with Crippen LogP contribution in [0.1, 0.15) is 211 Å².